The van der Waals surface area contributed by atoms with Crippen LogP contribution in [0, 0.1) is 0 Å². The van der Waals surface area contributed by atoms with Crippen molar-refractivity contribution < 1.29 is 10.2 Å². The standard InChI is InChI=1S/C48H34N2O2.C2H6/c51-37-22-19-35(20-23-37)49(36-21-25-43-41-12-5-4-10-39(41)40-11-6-7-13-42(40)44(43)29-36)34-17-14-31(15-18-34)32-16-26-47-45(28-32)46-30-38(52)24-27-48(46)50(47)33-8-2-1-3-9-33;1-2/h1-15,17-25,27-30,51-52H,16,26H2;1-2H3. The smallest absolute Gasteiger partial charge is 0.116 e. The van der Waals surface area contributed by atoms with Crippen molar-refractivity contribution in [2.75, 3.05) is 4.90 Å². The third-order valence-corrected chi connectivity index (χ3v) is 10.6. The molecule has 0 atom stereocenters. The molecule has 0 amide bonds. The third kappa shape index (κ3) is 5.55. The molecular formula is C50H40N2O2. The van der Waals surface area contributed by atoms with E-state index in [-0.39, 0.29) is 11.5 Å². The van der Waals surface area contributed by atoms with E-state index in [4.69, 9.17) is 0 Å². The Hall–Kier alpha value is -6.78. The van der Waals surface area contributed by atoms with Gasteiger partial charge >= 0.3 is 0 Å². The van der Waals surface area contributed by atoms with Crippen LogP contribution in [0.5, 0.6) is 11.5 Å². The molecule has 0 radical (unpaired) electrons. The Morgan fingerprint density at radius 2 is 1.00 bits per heavy atom. The minimum Gasteiger partial charge on any atom is -0.508 e. The number of anilines is 3. The molecule has 0 saturated heterocycles. The van der Waals surface area contributed by atoms with Crippen LogP contribution in [0.3, 0.4) is 0 Å². The Morgan fingerprint density at radius 1 is 0.463 bits per heavy atom. The lowest BCUT2D eigenvalue weighted by atomic mass is 9.91. The first-order chi connectivity index (χ1) is 26.6. The molecule has 1 aliphatic carbocycles. The minimum absolute atomic E-state index is 0.237. The van der Waals surface area contributed by atoms with Crippen molar-refractivity contribution in [2.45, 2.75) is 26.7 Å². The molecule has 0 fully saturated rings. The highest BCUT2D eigenvalue weighted by atomic mass is 16.3. The molecule has 0 bridgehead atoms. The molecule has 0 aliphatic heterocycles. The summed E-state index contributed by atoms with van der Waals surface area (Å²) in [5.74, 6) is 0.509. The summed E-state index contributed by atoms with van der Waals surface area (Å²) in [7, 11) is 0. The normalized spacial score (nSPS) is 12.4. The van der Waals surface area contributed by atoms with Gasteiger partial charge in [0, 0.05) is 39.4 Å². The van der Waals surface area contributed by atoms with E-state index in [1.807, 2.05) is 44.2 Å². The van der Waals surface area contributed by atoms with Crippen molar-refractivity contribution in [3.8, 4) is 17.2 Å². The van der Waals surface area contributed by atoms with E-state index >= 15 is 0 Å². The second kappa shape index (κ2) is 13.6. The molecule has 9 aromatic rings. The van der Waals surface area contributed by atoms with Crippen molar-refractivity contribution in [1.82, 2.24) is 4.57 Å². The van der Waals surface area contributed by atoms with E-state index in [1.165, 1.54) is 54.7 Å². The number of nitrogens with zero attached hydrogens (tertiary/aromatic N) is 2. The van der Waals surface area contributed by atoms with Gasteiger partial charge < -0.3 is 19.7 Å². The molecule has 4 nitrogen and oxygen atoms in total. The number of rotatable bonds is 5. The lowest BCUT2D eigenvalue weighted by Gasteiger charge is -2.27. The maximum absolute atomic E-state index is 10.5. The minimum atomic E-state index is 0.237. The maximum Gasteiger partial charge on any atom is 0.116 e. The molecule has 1 aromatic heterocycles. The van der Waals surface area contributed by atoms with E-state index in [0.717, 1.165) is 46.5 Å². The monoisotopic (exact) mass is 700 g/mol. The number of fused-ring (bicyclic) bond motifs is 9. The SMILES string of the molecule is CC.Oc1ccc(N(c2ccc(C3=Cc4c(n(-c5ccccc5)c5ccc(O)cc45)CC3)cc2)c2ccc3c4ccccc4c4ccccc4c3c2)cc1. The Balaban J connectivity index is 0.00000189. The van der Waals surface area contributed by atoms with Crippen LogP contribution in [0.1, 0.15) is 37.1 Å². The van der Waals surface area contributed by atoms with Gasteiger partial charge in [-0.1, -0.05) is 98.8 Å². The maximum atomic E-state index is 10.5. The summed E-state index contributed by atoms with van der Waals surface area (Å²) >= 11 is 0. The van der Waals surface area contributed by atoms with Gasteiger partial charge in [-0.25, -0.2) is 0 Å². The molecule has 4 heteroatoms. The van der Waals surface area contributed by atoms with Gasteiger partial charge in [-0.3, -0.25) is 0 Å². The van der Waals surface area contributed by atoms with E-state index in [0.29, 0.717) is 0 Å². The van der Waals surface area contributed by atoms with Crippen LogP contribution in [0.2, 0.25) is 0 Å². The van der Waals surface area contributed by atoms with Crippen molar-refractivity contribution in [3.05, 3.63) is 181 Å². The highest BCUT2D eigenvalue weighted by Gasteiger charge is 2.23. The number of hydrogen-bond donors (Lipinski definition) is 2. The van der Waals surface area contributed by atoms with Crippen LogP contribution >= 0.6 is 0 Å². The Labute approximate surface area is 315 Å². The Kier molecular flexibility index (Phi) is 8.36. The zero-order valence-corrected chi connectivity index (χ0v) is 30.4. The summed E-state index contributed by atoms with van der Waals surface area (Å²) in [6.07, 6.45) is 4.12. The first-order valence-corrected chi connectivity index (χ1v) is 18.8. The highest BCUT2D eigenvalue weighted by Crippen LogP contribution is 2.43. The average molecular weight is 701 g/mol. The van der Waals surface area contributed by atoms with E-state index in [1.54, 1.807) is 18.2 Å². The zero-order chi connectivity index (χ0) is 36.8. The van der Waals surface area contributed by atoms with Gasteiger partial charge in [-0.2, -0.15) is 0 Å². The number of hydrogen-bond acceptors (Lipinski definition) is 3. The van der Waals surface area contributed by atoms with Crippen LogP contribution in [0.4, 0.5) is 17.1 Å². The highest BCUT2D eigenvalue weighted by molar-refractivity contribution is 6.25. The predicted molar refractivity (Wildman–Crippen MR) is 228 cm³/mol. The number of phenolic OH excluding ortho intramolecular Hbond substituents is 2. The third-order valence-electron chi connectivity index (χ3n) is 10.6. The molecule has 262 valence electrons. The van der Waals surface area contributed by atoms with Gasteiger partial charge in [-0.05, 0) is 141 Å². The summed E-state index contributed by atoms with van der Waals surface area (Å²) in [4.78, 5) is 2.26. The number of para-hydroxylation sites is 1. The molecular weight excluding hydrogens is 661 g/mol. The molecule has 10 rings (SSSR count). The largest absolute Gasteiger partial charge is 0.508 e. The Morgan fingerprint density at radius 3 is 1.65 bits per heavy atom. The van der Waals surface area contributed by atoms with Gasteiger partial charge in [0.15, 0.2) is 0 Å². The topological polar surface area (TPSA) is 48.6 Å². The van der Waals surface area contributed by atoms with Crippen molar-refractivity contribution in [3.63, 3.8) is 0 Å². The van der Waals surface area contributed by atoms with Gasteiger partial charge in [0.05, 0.1) is 5.52 Å². The molecule has 1 aliphatic rings. The predicted octanol–water partition coefficient (Wildman–Crippen LogP) is 13.5. The van der Waals surface area contributed by atoms with Crippen LogP contribution in [0.15, 0.2) is 164 Å². The molecule has 1 heterocycles. The molecule has 0 saturated carbocycles. The average Bonchev–Trinajstić information content (AvgIpc) is 3.56. The zero-order valence-electron chi connectivity index (χ0n) is 30.4. The van der Waals surface area contributed by atoms with Crippen molar-refractivity contribution >= 4 is 71.9 Å². The second-order valence-electron chi connectivity index (χ2n) is 13.6. The van der Waals surface area contributed by atoms with Gasteiger partial charge in [0.2, 0.25) is 0 Å². The molecule has 54 heavy (non-hydrogen) atoms. The van der Waals surface area contributed by atoms with Gasteiger partial charge in [-0.15, -0.1) is 0 Å². The fourth-order valence-corrected chi connectivity index (χ4v) is 8.27. The van der Waals surface area contributed by atoms with Gasteiger partial charge in [0.25, 0.3) is 0 Å². The number of phenols is 2. The molecule has 2 N–H and O–H groups in total. The molecule has 0 spiro atoms. The summed E-state index contributed by atoms with van der Waals surface area (Å²) in [6, 6.07) is 56.5. The quantitative estimate of drug-likeness (QED) is 0.176. The van der Waals surface area contributed by atoms with Crippen molar-refractivity contribution in [1.29, 1.82) is 0 Å². The van der Waals surface area contributed by atoms with Crippen LogP contribution in [-0.4, -0.2) is 14.8 Å². The number of benzene rings is 8. The summed E-state index contributed by atoms with van der Waals surface area (Å²) in [5, 5.41) is 29.2. The fraction of sp³-hybridized carbons (Fsp3) is 0.0800. The van der Waals surface area contributed by atoms with Crippen LogP contribution < -0.4 is 4.90 Å². The number of aromatic hydroxyl groups is 2. The fourth-order valence-electron chi connectivity index (χ4n) is 8.27. The van der Waals surface area contributed by atoms with Gasteiger partial charge in [0.1, 0.15) is 11.5 Å². The first-order valence-electron chi connectivity index (χ1n) is 18.8. The molecule has 0 unspecified atom stereocenters. The van der Waals surface area contributed by atoms with E-state index in [2.05, 4.69) is 131 Å². The first kappa shape index (κ1) is 33.1. The molecule has 8 aromatic carbocycles. The summed E-state index contributed by atoms with van der Waals surface area (Å²) in [6.45, 7) is 4.00. The summed E-state index contributed by atoms with van der Waals surface area (Å²) in [5.41, 5.74) is 10.1. The second-order valence-corrected chi connectivity index (χ2v) is 13.6. The number of aromatic nitrogens is 1. The summed E-state index contributed by atoms with van der Waals surface area (Å²) < 4.78 is 2.34. The lowest BCUT2D eigenvalue weighted by molar-refractivity contribution is 0.475. The number of allylic oxidation sites excluding steroid dienone is 1. The van der Waals surface area contributed by atoms with Crippen molar-refractivity contribution in [2.24, 2.45) is 0 Å². The lowest BCUT2D eigenvalue weighted by Crippen LogP contribution is -2.10. The van der Waals surface area contributed by atoms with Crippen LogP contribution in [0.25, 0.3) is 60.6 Å². The van der Waals surface area contributed by atoms with E-state index in [9.17, 15) is 10.2 Å². The van der Waals surface area contributed by atoms with Crippen LogP contribution in [-0.2, 0) is 6.42 Å². The Bertz CT molecular complexity index is 2820. The van der Waals surface area contributed by atoms with E-state index < -0.39 is 0 Å².